The van der Waals surface area contributed by atoms with E-state index in [1.54, 1.807) is 0 Å². The second kappa shape index (κ2) is 3.11. The topological polar surface area (TPSA) is 12.5 Å². The predicted octanol–water partition coefficient (Wildman–Crippen LogP) is 2.48. The number of rotatable bonds is 0. The zero-order chi connectivity index (χ0) is 9.42. The molecule has 2 nitrogen and oxygen atoms in total. The molecule has 0 radical (unpaired) electrons. The van der Waals surface area contributed by atoms with Crippen LogP contribution in [0.25, 0.3) is 0 Å². The Morgan fingerprint density at radius 1 is 1.46 bits per heavy atom. The molecule has 1 heterocycles. The molecule has 0 amide bonds. The molecule has 70 valence electrons. The summed E-state index contributed by atoms with van der Waals surface area (Å²) in [5.74, 6) is 0.829. The third-order valence-electron chi connectivity index (χ3n) is 2.34. The number of hydrogen-bond acceptors (Lipinski definition) is 2. The van der Waals surface area contributed by atoms with E-state index in [1.165, 1.54) is 5.56 Å². The Labute approximate surface area is 83.1 Å². The Bertz CT molecular complexity index is 338. The maximum absolute atomic E-state index is 6.03. The number of hydrogen-bond donors (Lipinski definition) is 0. The highest BCUT2D eigenvalue weighted by Crippen LogP contribution is 2.39. The maximum Gasteiger partial charge on any atom is 0.161 e. The van der Waals surface area contributed by atoms with E-state index in [9.17, 15) is 0 Å². The molecule has 0 fully saturated rings. The smallest absolute Gasteiger partial charge is 0.161 e. The van der Waals surface area contributed by atoms with Gasteiger partial charge < -0.3 is 9.64 Å². The highest BCUT2D eigenvalue weighted by molar-refractivity contribution is 6.32. The molecule has 1 aromatic carbocycles. The van der Waals surface area contributed by atoms with Gasteiger partial charge in [0.05, 0.1) is 17.3 Å². The summed E-state index contributed by atoms with van der Waals surface area (Å²) in [6, 6.07) is 3.90. The first kappa shape index (κ1) is 8.70. The summed E-state index contributed by atoms with van der Waals surface area (Å²) in [4.78, 5) is 2.18. The fourth-order valence-electron chi connectivity index (χ4n) is 1.65. The second-order valence-corrected chi connectivity index (χ2v) is 3.72. The molecule has 0 saturated carbocycles. The Morgan fingerprint density at radius 3 is 2.92 bits per heavy atom. The van der Waals surface area contributed by atoms with Gasteiger partial charge in [-0.25, -0.2) is 0 Å². The van der Waals surface area contributed by atoms with Crippen molar-refractivity contribution in [2.45, 2.75) is 6.92 Å². The monoisotopic (exact) mass is 197 g/mol. The van der Waals surface area contributed by atoms with Gasteiger partial charge in [0.1, 0.15) is 6.61 Å². The van der Waals surface area contributed by atoms with Crippen LogP contribution in [0, 0.1) is 6.92 Å². The molecule has 1 aliphatic rings. The van der Waals surface area contributed by atoms with Crippen LogP contribution >= 0.6 is 11.6 Å². The Kier molecular flexibility index (Phi) is 2.08. The van der Waals surface area contributed by atoms with Crippen molar-refractivity contribution in [3.63, 3.8) is 0 Å². The largest absolute Gasteiger partial charge is 0.488 e. The van der Waals surface area contributed by atoms with Crippen LogP contribution in [0.4, 0.5) is 5.69 Å². The van der Waals surface area contributed by atoms with Crippen LogP contribution < -0.4 is 9.64 Å². The summed E-state index contributed by atoms with van der Waals surface area (Å²) in [6.07, 6.45) is 0. The molecule has 0 N–H and O–H groups in total. The Morgan fingerprint density at radius 2 is 2.23 bits per heavy atom. The van der Waals surface area contributed by atoms with Crippen LogP contribution in [-0.4, -0.2) is 20.2 Å². The molecule has 0 unspecified atom stereocenters. The summed E-state index contributed by atoms with van der Waals surface area (Å²) >= 11 is 6.03. The average Bonchev–Trinajstić information content (AvgIpc) is 2.12. The van der Waals surface area contributed by atoms with Crippen LogP contribution in [-0.2, 0) is 0 Å². The van der Waals surface area contributed by atoms with E-state index in [4.69, 9.17) is 16.3 Å². The van der Waals surface area contributed by atoms with E-state index >= 15 is 0 Å². The zero-order valence-electron chi connectivity index (χ0n) is 7.80. The third-order valence-corrected chi connectivity index (χ3v) is 2.64. The number of anilines is 1. The van der Waals surface area contributed by atoms with Crippen molar-refractivity contribution in [3.05, 3.63) is 22.7 Å². The molecule has 0 aliphatic carbocycles. The van der Waals surface area contributed by atoms with E-state index in [0.29, 0.717) is 11.6 Å². The van der Waals surface area contributed by atoms with Crippen LogP contribution in [0.2, 0.25) is 5.02 Å². The molecule has 13 heavy (non-hydrogen) atoms. The van der Waals surface area contributed by atoms with Crippen LogP contribution in [0.3, 0.4) is 0 Å². The number of benzene rings is 1. The van der Waals surface area contributed by atoms with E-state index in [2.05, 4.69) is 18.9 Å². The van der Waals surface area contributed by atoms with Gasteiger partial charge in [0.2, 0.25) is 0 Å². The maximum atomic E-state index is 6.03. The fourth-order valence-corrected chi connectivity index (χ4v) is 1.86. The van der Waals surface area contributed by atoms with Gasteiger partial charge in [0.25, 0.3) is 0 Å². The third kappa shape index (κ3) is 1.35. The van der Waals surface area contributed by atoms with Gasteiger partial charge >= 0.3 is 0 Å². The van der Waals surface area contributed by atoms with Crippen LogP contribution in [0.1, 0.15) is 5.56 Å². The summed E-state index contributed by atoms with van der Waals surface area (Å²) in [5.41, 5.74) is 2.33. The van der Waals surface area contributed by atoms with Gasteiger partial charge in [-0.2, -0.15) is 0 Å². The highest BCUT2D eigenvalue weighted by Gasteiger charge is 2.19. The quantitative estimate of drug-likeness (QED) is 0.634. The molecule has 0 bridgehead atoms. The SMILES string of the molecule is Cc1ccc(Cl)c2c1N(C)CCO2. The van der Waals surface area contributed by atoms with Crippen molar-refractivity contribution < 1.29 is 4.74 Å². The zero-order valence-corrected chi connectivity index (χ0v) is 8.56. The second-order valence-electron chi connectivity index (χ2n) is 3.31. The minimum Gasteiger partial charge on any atom is -0.488 e. The van der Waals surface area contributed by atoms with E-state index in [-0.39, 0.29) is 0 Å². The number of nitrogens with zero attached hydrogens (tertiary/aromatic N) is 1. The molecule has 0 aromatic heterocycles. The van der Waals surface area contributed by atoms with Crippen LogP contribution in [0.15, 0.2) is 12.1 Å². The van der Waals surface area contributed by atoms with E-state index in [0.717, 1.165) is 18.0 Å². The lowest BCUT2D eigenvalue weighted by molar-refractivity contribution is 0.311. The fraction of sp³-hybridized carbons (Fsp3) is 0.400. The molecule has 3 heteroatoms. The summed E-state index contributed by atoms with van der Waals surface area (Å²) < 4.78 is 5.53. The summed E-state index contributed by atoms with van der Waals surface area (Å²) in [6.45, 7) is 3.71. The first-order valence-corrected chi connectivity index (χ1v) is 4.71. The Hall–Kier alpha value is -0.890. The van der Waals surface area contributed by atoms with Gasteiger partial charge in [-0.1, -0.05) is 17.7 Å². The van der Waals surface area contributed by atoms with Crippen molar-refractivity contribution >= 4 is 17.3 Å². The van der Waals surface area contributed by atoms with Crippen LogP contribution in [0.5, 0.6) is 5.75 Å². The van der Waals surface area contributed by atoms with E-state index < -0.39 is 0 Å². The number of aryl methyl sites for hydroxylation is 1. The van der Waals surface area contributed by atoms with Crippen molar-refractivity contribution in [1.82, 2.24) is 0 Å². The van der Waals surface area contributed by atoms with Gasteiger partial charge in [-0.05, 0) is 18.6 Å². The lowest BCUT2D eigenvalue weighted by Crippen LogP contribution is -2.29. The molecular formula is C10H12ClNO. The first-order valence-electron chi connectivity index (χ1n) is 4.33. The molecular weight excluding hydrogens is 186 g/mol. The van der Waals surface area contributed by atoms with Crippen molar-refractivity contribution in [2.75, 3.05) is 25.1 Å². The highest BCUT2D eigenvalue weighted by atomic mass is 35.5. The van der Waals surface area contributed by atoms with Crippen molar-refractivity contribution in [3.8, 4) is 5.75 Å². The van der Waals surface area contributed by atoms with Gasteiger partial charge in [0.15, 0.2) is 5.75 Å². The molecule has 1 aromatic rings. The molecule has 2 rings (SSSR count). The van der Waals surface area contributed by atoms with Crippen molar-refractivity contribution in [1.29, 1.82) is 0 Å². The first-order chi connectivity index (χ1) is 6.20. The number of likely N-dealkylation sites (N-methyl/N-ethyl adjacent to an activating group) is 1. The Balaban J connectivity index is 2.60. The van der Waals surface area contributed by atoms with Gasteiger partial charge in [-0.15, -0.1) is 0 Å². The number of halogens is 1. The molecule has 0 spiro atoms. The molecule has 0 atom stereocenters. The lowest BCUT2D eigenvalue weighted by Gasteiger charge is -2.29. The summed E-state index contributed by atoms with van der Waals surface area (Å²) in [5, 5.41) is 0.701. The average molecular weight is 198 g/mol. The van der Waals surface area contributed by atoms with E-state index in [1.807, 2.05) is 12.1 Å². The normalized spacial score (nSPS) is 15.2. The summed E-state index contributed by atoms with van der Waals surface area (Å²) in [7, 11) is 2.06. The minimum atomic E-state index is 0.701. The number of fused-ring (bicyclic) bond motifs is 1. The minimum absolute atomic E-state index is 0.701. The predicted molar refractivity (Wildman–Crippen MR) is 55.0 cm³/mol. The van der Waals surface area contributed by atoms with Gasteiger partial charge in [0, 0.05) is 7.05 Å². The molecule has 1 aliphatic heterocycles. The van der Waals surface area contributed by atoms with Crippen molar-refractivity contribution in [2.24, 2.45) is 0 Å². The lowest BCUT2D eigenvalue weighted by atomic mass is 10.1. The standard InChI is InChI=1S/C10H12ClNO/c1-7-3-4-8(11)10-9(7)12(2)5-6-13-10/h3-4H,5-6H2,1-2H3. The number of ether oxygens (including phenoxy) is 1. The molecule has 0 saturated heterocycles. The van der Waals surface area contributed by atoms with Gasteiger partial charge in [-0.3, -0.25) is 0 Å².